The minimum atomic E-state index is -2.67. The van der Waals surface area contributed by atoms with Crippen LogP contribution in [0.25, 0.3) is 0 Å². The predicted molar refractivity (Wildman–Crippen MR) is 95.2 cm³/mol. The number of rotatable bonds is 9. The first-order valence-electron chi connectivity index (χ1n) is 6.42. The van der Waals surface area contributed by atoms with E-state index in [1.54, 1.807) is 6.92 Å². The second-order valence-corrected chi connectivity index (χ2v) is 7.04. The smallest absolute Gasteiger partial charge is 0.460 e. The molecular formula is C14H29O7Si2. The summed E-state index contributed by atoms with van der Waals surface area (Å²) in [6.07, 6.45) is 3.12. The van der Waals surface area contributed by atoms with Crippen molar-refractivity contribution in [1.29, 1.82) is 0 Å². The van der Waals surface area contributed by atoms with Crippen LogP contribution in [0, 0.1) is 6.92 Å². The lowest BCUT2D eigenvalue weighted by Crippen LogP contribution is -2.45. The lowest BCUT2D eigenvalue weighted by Gasteiger charge is -2.26. The monoisotopic (exact) mass is 365 g/mol. The fourth-order valence-corrected chi connectivity index (χ4v) is 3.10. The van der Waals surface area contributed by atoms with Gasteiger partial charge in [0.15, 0.2) is 0 Å². The number of allylic oxidation sites excluding steroid dienone is 1. The highest BCUT2D eigenvalue weighted by Crippen LogP contribution is 2.17. The third-order valence-electron chi connectivity index (χ3n) is 2.37. The van der Waals surface area contributed by atoms with Gasteiger partial charge >= 0.3 is 14.8 Å². The Morgan fingerprint density at radius 3 is 2.00 bits per heavy atom. The molecule has 0 fully saturated rings. The number of aldehydes is 1. The van der Waals surface area contributed by atoms with Gasteiger partial charge in [-0.15, -0.1) is 0 Å². The molecule has 2 atom stereocenters. The van der Waals surface area contributed by atoms with Gasteiger partial charge in [0.05, 0.1) is 12.1 Å². The molecule has 0 aliphatic heterocycles. The molecule has 0 aromatic rings. The zero-order valence-corrected chi connectivity index (χ0v) is 14.5. The lowest BCUT2D eigenvalue weighted by atomic mass is 10.4. The Morgan fingerprint density at radius 2 is 1.74 bits per heavy atom. The van der Waals surface area contributed by atoms with Crippen LogP contribution in [0.1, 0.15) is 6.92 Å². The van der Waals surface area contributed by atoms with Crippen LogP contribution < -0.4 is 0 Å². The molecule has 0 rings (SSSR count). The van der Waals surface area contributed by atoms with E-state index in [-0.39, 0.29) is 17.1 Å². The third kappa shape index (κ3) is 14.2. The van der Waals surface area contributed by atoms with Crippen LogP contribution >= 0.6 is 0 Å². The Hall–Kier alpha value is -1.11. The molecule has 1 N–H and O–H groups in total. The zero-order chi connectivity index (χ0) is 17.6. The molecule has 0 spiro atoms. The summed E-state index contributed by atoms with van der Waals surface area (Å²) in [6.45, 7) is 8.25. The molecule has 23 heavy (non-hydrogen) atoms. The van der Waals surface area contributed by atoms with Crippen molar-refractivity contribution in [2.75, 3.05) is 21.3 Å². The largest absolute Gasteiger partial charge is 0.503 e. The van der Waals surface area contributed by atoms with Gasteiger partial charge < -0.3 is 23.1 Å². The maximum Gasteiger partial charge on any atom is 0.503 e. The molecule has 9 heteroatoms. The first-order chi connectivity index (χ1) is 10.3. The van der Waals surface area contributed by atoms with Crippen LogP contribution in [-0.4, -0.2) is 70.7 Å². The van der Waals surface area contributed by atoms with Crippen LogP contribution in [0.2, 0.25) is 6.04 Å². The Kier molecular flexibility index (Phi) is 18.4. The lowest BCUT2D eigenvalue weighted by molar-refractivity contribution is -0.141. The molecule has 0 bridgehead atoms. The number of carbonyl (C=O) groups is 2. The van der Waals surface area contributed by atoms with Gasteiger partial charge in [-0.25, -0.2) is 4.79 Å². The van der Waals surface area contributed by atoms with Crippen molar-refractivity contribution in [3.63, 3.8) is 0 Å². The Balaban J connectivity index is -0.000000425. The maximum atomic E-state index is 10.9. The molecule has 0 aromatic heterocycles. The van der Waals surface area contributed by atoms with E-state index in [0.717, 1.165) is 6.08 Å². The number of esters is 1. The second kappa shape index (κ2) is 15.8. The normalized spacial score (nSPS) is 13.1. The molecule has 0 aliphatic carbocycles. The molecule has 0 saturated heterocycles. The van der Waals surface area contributed by atoms with Gasteiger partial charge in [0.2, 0.25) is 0 Å². The van der Waals surface area contributed by atoms with E-state index in [9.17, 15) is 9.59 Å². The van der Waals surface area contributed by atoms with Gasteiger partial charge in [-0.05, 0) is 30.9 Å². The quantitative estimate of drug-likeness (QED) is 0.254. The summed E-state index contributed by atoms with van der Waals surface area (Å²) in [5.41, 5.74) is 0. The topological polar surface area (TPSA) is 91.3 Å². The summed E-state index contributed by atoms with van der Waals surface area (Å²) in [5, 5.41) is 8.33. The number of hydrogen-bond acceptors (Lipinski definition) is 7. The molecular weight excluding hydrogens is 336 g/mol. The molecule has 0 saturated carbocycles. The van der Waals surface area contributed by atoms with Crippen LogP contribution in [0.3, 0.4) is 0 Å². The highest BCUT2D eigenvalue weighted by atomic mass is 28.4. The van der Waals surface area contributed by atoms with Crippen molar-refractivity contribution in [3.05, 3.63) is 31.7 Å². The van der Waals surface area contributed by atoms with Gasteiger partial charge in [-0.3, -0.25) is 4.79 Å². The average molecular weight is 366 g/mol. The van der Waals surface area contributed by atoms with E-state index >= 15 is 0 Å². The number of hydrogen-bond donors (Lipinski definition) is 1. The molecule has 0 heterocycles. The summed E-state index contributed by atoms with van der Waals surface area (Å²) in [5.74, 6) is -0.464. The highest BCUT2D eigenvalue weighted by molar-refractivity contribution is 6.60. The fraction of sp³-hybridized carbons (Fsp3) is 0.500. The van der Waals surface area contributed by atoms with Crippen LogP contribution in [0.4, 0.5) is 0 Å². The number of aliphatic hydroxyl groups excluding tert-OH is 1. The molecule has 7 nitrogen and oxygen atoms in total. The molecule has 0 amide bonds. The molecule has 135 valence electrons. The first-order valence-corrected chi connectivity index (χ1v) is 8.35. The molecule has 2 unspecified atom stereocenters. The zero-order valence-electron chi connectivity index (χ0n) is 13.5. The molecule has 1 radical (unpaired) electrons. The summed E-state index contributed by atoms with van der Waals surface area (Å²) < 4.78 is 20.6. The van der Waals surface area contributed by atoms with Gasteiger partial charge in [0, 0.05) is 27.4 Å². The summed E-state index contributed by atoms with van der Waals surface area (Å²) in [7, 11) is 1.87. The standard InChI is InChI=1S/C9H18O5Si.C5H7O2.H4Si/c1-6-9(10)14-8(2)7-15(11-3,12-4)13-5;1-5(7)3-2-4-6;/h6,8H,1,7H2,2-5H3;2-5,7H,1H2;1H4. The average Bonchev–Trinajstić information content (AvgIpc) is 2.51. The van der Waals surface area contributed by atoms with Crippen LogP contribution in [0.5, 0.6) is 0 Å². The van der Waals surface area contributed by atoms with Crippen molar-refractivity contribution in [2.45, 2.75) is 25.2 Å². The summed E-state index contributed by atoms with van der Waals surface area (Å²) in [4.78, 5) is 20.4. The maximum absolute atomic E-state index is 10.9. The van der Waals surface area contributed by atoms with Gasteiger partial charge in [0.25, 0.3) is 0 Å². The van der Waals surface area contributed by atoms with Gasteiger partial charge in [-0.1, -0.05) is 12.7 Å². The third-order valence-corrected chi connectivity index (χ3v) is 5.31. The van der Waals surface area contributed by atoms with Crippen molar-refractivity contribution in [2.24, 2.45) is 0 Å². The van der Waals surface area contributed by atoms with Crippen molar-refractivity contribution in [1.82, 2.24) is 0 Å². The first kappa shape index (κ1) is 26.8. The minimum absolute atomic E-state index is 0. The summed E-state index contributed by atoms with van der Waals surface area (Å²) >= 11 is 0. The fourth-order valence-electron chi connectivity index (χ4n) is 1.31. The Morgan fingerprint density at radius 1 is 1.26 bits per heavy atom. The van der Waals surface area contributed by atoms with Crippen LogP contribution in [0.15, 0.2) is 24.8 Å². The second-order valence-electron chi connectivity index (χ2n) is 4.04. The van der Waals surface area contributed by atoms with E-state index in [2.05, 4.69) is 13.5 Å². The Labute approximate surface area is 143 Å². The summed E-state index contributed by atoms with van der Waals surface area (Å²) in [6, 6.07) is 0.413. The van der Waals surface area contributed by atoms with Crippen molar-refractivity contribution in [3.8, 4) is 0 Å². The highest BCUT2D eigenvalue weighted by Gasteiger charge is 2.40. The van der Waals surface area contributed by atoms with E-state index in [1.807, 2.05) is 0 Å². The van der Waals surface area contributed by atoms with Gasteiger partial charge in [0.1, 0.15) is 12.4 Å². The predicted octanol–water partition coefficient (Wildman–Crippen LogP) is -0.533. The van der Waals surface area contributed by atoms with E-state index in [0.29, 0.717) is 12.3 Å². The minimum Gasteiger partial charge on any atom is -0.460 e. The SMILES string of the molecule is C=CC(=O)OC(C)C[Si](OC)(OC)OC.[CH2]C(O)C=CC=O.[SiH4]. The number of aliphatic hydroxyl groups is 1. The van der Waals surface area contributed by atoms with E-state index < -0.39 is 20.9 Å². The van der Waals surface area contributed by atoms with E-state index in [4.69, 9.17) is 23.1 Å². The molecule has 0 aromatic carbocycles. The van der Waals surface area contributed by atoms with Crippen molar-refractivity contribution >= 4 is 32.0 Å². The van der Waals surface area contributed by atoms with Crippen LogP contribution in [-0.2, 0) is 27.6 Å². The van der Waals surface area contributed by atoms with E-state index in [1.165, 1.54) is 33.5 Å². The van der Waals surface area contributed by atoms with Gasteiger partial charge in [-0.2, -0.15) is 0 Å². The Bertz CT molecular complexity index is 347. The molecule has 0 aliphatic rings. The number of ether oxygens (including phenoxy) is 1. The van der Waals surface area contributed by atoms with Crippen molar-refractivity contribution < 1.29 is 32.7 Å². The number of carbonyl (C=O) groups excluding carboxylic acids is 2.